The SMILES string of the molecule is CN1C(=O)[C@@H](O)C[C@@H]1c1ccccc1. The normalized spacial score (nSPS) is 27.0. The first-order valence-electron chi connectivity index (χ1n) is 4.70. The first kappa shape index (κ1) is 9.21. The standard InChI is InChI=1S/C11H13NO2/c1-12-9(7-10(13)11(12)14)8-5-3-2-4-6-8/h2-6,9-10,13H,7H2,1H3/t9-,10+/m1/s1. The maximum Gasteiger partial charge on any atom is 0.251 e. The third-order valence-electron chi connectivity index (χ3n) is 2.73. The number of likely N-dealkylation sites (tertiary alicyclic amines) is 1. The van der Waals surface area contributed by atoms with Crippen molar-refractivity contribution in [1.82, 2.24) is 4.90 Å². The molecule has 1 fully saturated rings. The molecule has 1 aromatic carbocycles. The Morgan fingerprint density at radius 1 is 1.36 bits per heavy atom. The van der Waals surface area contributed by atoms with Crippen LogP contribution in [0.3, 0.4) is 0 Å². The number of nitrogens with zero attached hydrogens (tertiary/aromatic N) is 1. The van der Waals surface area contributed by atoms with Gasteiger partial charge in [-0.25, -0.2) is 0 Å². The van der Waals surface area contributed by atoms with E-state index in [2.05, 4.69) is 0 Å². The van der Waals surface area contributed by atoms with Gasteiger partial charge in [0, 0.05) is 13.5 Å². The van der Waals surface area contributed by atoms with Gasteiger partial charge in [-0.05, 0) is 5.56 Å². The molecule has 0 radical (unpaired) electrons. The molecular weight excluding hydrogens is 178 g/mol. The van der Waals surface area contributed by atoms with E-state index in [1.54, 1.807) is 11.9 Å². The summed E-state index contributed by atoms with van der Waals surface area (Å²) in [6, 6.07) is 9.81. The molecule has 1 aliphatic rings. The van der Waals surface area contributed by atoms with E-state index in [0.29, 0.717) is 6.42 Å². The molecule has 2 rings (SSSR count). The van der Waals surface area contributed by atoms with E-state index in [-0.39, 0.29) is 11.9 Å². The van der Waals surface area contributed by atoms with Gasteiger partial charge in [0.15, 0.2) is 0 Å². The summed E-state index contributed by atoms with van der Waals surface area (Å²) in [6.07, 6.45) is -0.329. The quantitative estimate of drug-likeness (QED) is 0.718. The maximum atomic E-state index is 11.4. The number of likely N-dealkylation sites (N-methyl/N-ethyl adjacent to an activating group) is 1. The third-order valence-corrected chi connectivity index (χ3v) is 2.73. The Labute approximate surface area is 83.0 Å². The van der Waals surface area contributed by atoms with Crippen molar-refractivity contribution in [3.05, 3.63) is 35.9 Å². The van der Waals surface area contributed by atoms with Crippen molar-refractivity contribution >= 4 is 5.91 Å². The predicted octanol–water partition coefficient (Wildman–Crippen LogP) is 0.951. The monoisotopic (exact) mass is 191 g/mol. The lowest BCUT2D eigenvalue weighted by atomic mass is 10.0. The van der Waals surface area contributed by atoms with Gasteiger partial charge in [-0.2, -0.15) is 0 Å². The van der Waals surface area contributed by atoms with E-state index in [9.17, 15) is 9.90 Å². The molecule has 1 N–H and O–H groups in total. The molecule has 0 aliphatic carbocycles. The number of benzene rings is 1. The van der Waals surface area contributed by atoms with E-state index in [4.69, 9.17) is 0 Å². The van der Waals surface area contributed by atoms with E-state index >= 15 is 0 Å². The summed E-state index contributed by atoms with van der Waals surface area (Å²) in [5.74, 6) is -0.182. The second kappa shape index (κ2) is 3.42. The Balaban J connectivity index is 2.26. The molecule has 0 bridgehead atoms. The molecule has 3 nitrogen and oxygen atoms in total. The Bertz CT molecular complexity index is 336. The highest BCUT2D eigenvalue weighted by Gasteiger charge is 2.36. The van der Waals surface area contributed by atoms with Crippen molar-refractivity contribution in [2.75, 3.05) is 7.05 Å². The fourth-order valence-corrected chi connectivity index (χ4v) is 1.89. The molecule has 1 aromatic rings. The summed E-state index contributed by atoms with van der Waals surface area (Å²) >= 11 is 0. The molecule has 14 heavy (non-hydrogen) atoms. The summed E-state index contributed by atoms with van der Waals surface area (Å²) in [6.45, 7) is 0. The fourth-order valence-electron chi connectivity index (χ4n) is 1.89. The number of hydrogen-bond donors (Lipinski definition) is 1. The first-order chi connectivity index (χ1) is 6.70. The lowest BCUT2D eigenvalue weighted by molar-refractivity contribution is -0.134. The molecule has 2 atom stereocenters. The van der Waals surface area contributed by atoms with Crippen molar-refractivity contribution in [3.8, 4) is 0 Å². The minimum atomic E-state index is -0.829. The molecule has 1 saturated heterocycles. The number of aliphatic hydroxyl groups excluding tert-OH is 1. The number of carbonyl (C=O) groups is 1. The van der Waals surface area contributed by atoms with Gasteiger partial charge in [0.05, 0.1) is 6.04 Å². The molecule has 0 saturated carbocycles. The van der Waals surface area contributed by atoms with Crippen LogP contribution in [0.25, 0.3) is 0 Å². The number of rotatable bonds is 1. The van der Waals surface area contributed by atoms with Gasteiger partial charge in [-0.3, -0.25) is 4.79 Å². The first-order valence-corrected chi connectivity index (χ1v) is 4.70. The van der Waals surface area contributed by atoms with E-state index in [1.165, 1.54) is 0 Å². The molecule has 3 heteroatoms. The topological polar surface area (TPSA) is 40.5 Å². The van der Waals surface area contributed by atoms with Gasteiger partial charge in [0.2, 0.25) is 0 Å². The molecule has 0 unspecified atom stereocenters. The van der Waals surface area contributed by atoms with Crippen molar-refractivity contribution in [2.24, 2.45) is 0 Å². The highest BCUT2D eigenvalue weighted by atomic mass is 16.3. The zero-order valence-corrected chi connectivity index (χ0v) is 8.05. The summed E-state index contributed by atoms with van der Waals surface area (Å²) < 4.78 is 0. The van der Waals surface area contributed by atoms with Crippen LogP contribution in [-0.4, -0.2) is 29.1 Å². The Morgan fingerprint density at radius 2 is 2.00 bits per heavy atom. The average molecular weight is 191 g/mol. The molecule has 0 spiro atoms. The Hall–Kier alpha value is -1.35. The lowest BCUT2D eigenvalue weighted by Gasteiger charge is -2.19. The smallest absolute Gasteiger partial charge is 0.251 e. The zero-order valence-electron chi connectivity index (χ0n) is 8.05. The van der Waals surface area contributed by atoms with E-state index in [0.717, 1.165) is 5.56 Å². The van der Waals surface area contributed by atoms with E-state index < -0.39 is 6.10 Å². The van der Waals surface area contributed by atoms with Crippen LogP contribution in [0, 0.1) is 0 Å². The summed E-state index contributed by atoms with van der Waals surface area (Å²) in [4.78, 5) is 13.0. The van der Waals surface area contributed by atoms with Crippen LogP contribution in [0.1, 0.15) is 18.0 Å². The molecular formula is C11H13NO2. The molecule has 0 aromatic heterocycles. The number of carbonyl (C=O) groups excluding carboxylic acids is 1. The van der Waals surface area contributed by atoms with Gasteiger partial charge < -0.3 is 10.0 Å². The number of hydrogen-bond acceptors (Lipinski definition) is 2. The van der Waals surface area contributed by atoms with Gasteiger partial charge >= 0.3 is 0 Å². The maximum absolute atomic E-state index is 11.4. The van der Waals surface area contributed by atoms with Crippen molar-refractivity contribution in [2.45, 2.75) is 18.6 Å². The summed E-state index contributed by atoms with van der Waals surface area (Å²) in [7, 11) is 1.73. The van der Waals surface area contributed by atoms with Crippen LogP contribution in [0.2, 0.25) is 0 Å². The van der Waals surface area contributed by atoms with Gasteiger partial charge in [-0.15, -0.1) is 0 Å². The van der Waals surface area contributed by atoms with Crippen molar-refractivity contribution in [1.29, 1.82) is 0 Å². The number of aliphatic hydroxyl groups is 1. The summed E-state index contributed by atoms with van der Waals surface area (Å²) in [5.41, 5.74) is 1.08. The predicted molar refractivity (Wildman–Crippen MR) is 52.6 cm³/mol. The molecule has 1 heterocycles. The third kappa shape index (κ3) is 1.40. The molecule has 74 valence electrons. The fraction of sp³-hybridized carbons (Fsp3) is 0.364. The summed E-state index contributed by atoms with van der Waals surface area (Å²) in [5, 5.41) is 9.41. The van der Waals surface area contributed by atoms with Gasteiger partial charge in [0.25, 0.3) is 5.91 Å². The number of amides is 1. The largest absolute Gasteiger partial charge is 0.383 e. The van der Waals surface area contributed by atoms with Crippen LogP contribution in [0.4, 0.5) is 0 Å². The van der Waals surface area contributed by atoms with Crippen LogP contribution in [0.15, 0.2) is 30.3 Å². The second-order valence-corrected chi connectivity index (χ2v) is 3.63. The second-order valence-electron chi connectivity index (χ2n) is 3.63. The lowest BCUT2D eigenvalue weighted by Crippen LogP contribution is -2.26. The molecule has 1 aliphatic heterocycles. The molecule has 1 amide bonds. The van der Waals surface area contributed by atoms with Gasteiger partial charge in [0.1, 0.15) is 6.10 Å². The van der Waals surface area contributed by atoms with Crippen molar-refractivity contribution in [3.63, 3.8) is 0 Å². The highest BCUT2D eigenvalue weighted by molar-refractivity contribution is 5.83. The minimum Gasteiger partial charge on any atom is -0.383 e. The Morgan fingerprint density at radius 3 is 2.50 bits per heavy atom. The highest BCUT2D eigenvalue weighted by Crippen LogP contribution is 2.31. The van der Waals surface area contributed by atoms with Crippen LogP contribution < -0.4 is 0 Å². The van der Waals surface area contributed by atoms with E-state index in [1.807, 2.05) is 30.3 Å². The zero-order chi connectivity index (χ0) is 10.1. The van der Waals surface area contributed by atoms with Crippen LogP contribution in [0.5, 0.6) is 0 Å². The average Bonchev–Trinajstić information content (AvgIpc) is 2.47. The van der Waals surface area contributed by atoms with Crippen molar-refractivity contribution < 1.29 is 9.90 Å². The van der Waals surface area contributed by atoms with Crippen LogP contribution >= 0.6 is 0 Å². The van der Waals surface area contributed by atoms with Crippen LogP contribution in [-0.2, 0) is 4.79 Å². The Kier molecular flexibility index (Phi) is 2.25. The minimum absolute atomic E-state index is 0.0266. The van der Waals surface area contributed by atoms with Gasteiger partial charge in [-0.1, -0.05) is 30.3 Å².